The zero-order chi connectivity index (χ0) is 8.27. The van der Waals surface area contributed by atoms with Crippen molar-refractivity contribution in [2.45, 2.75) is 12.5 Å². The maximum absolute atomic E-state index is 10.1. The highest BCUT2D eigenvalue weighted by Crippen LogP contribution is 2.22. The molecule has 1 atom stereocenters. The van der Waals surface area contributed by atoms with Gasteiger partial charge in [0.15, 0.2) is 0 Å². The first-order chi connectivity index (χ1) is 5.22. The highest BCUT2D eigenvalue weighted by molar-refractivity contribution is 9.11. The Kier molecular flexibility index (Phi) is 3.23. The van der Waals surface area contributed by atoms with Crippen molar-refractivity contribution in [3.8, 4) is 0 Å². The molecule has 0 aliphatic carbocycles. The second-order valence-electron chi connectivity index (χ2n) is 2.13. The third-order valence-corrected chi connectivity index (χ3v) is 2.85. The lowest BCUT2D eigenvalue weighted by Crippen LogP contribution is -2.23. The molecule has 0 spiro atoms. The van der Waals surface area contributed by atoms with Gasteiger partial charge in [0, 0.05) is 11.3 Å². The Morgan fingerprint density at radius 3 is 2.91 bits per heavy atom. The number of hydrogen-bond donors (Lipinski definition) is 1. The maximum Gasteiger partial charge on any atom is 0.217 e. The van der Waals surface area contributed by atoms with Gasteiger partial charge in [0.1, 0.15) is 0 Å². The maximum atomic E-state index is 10.1. The summed E-state index contributed by atoms with van der Waals surface area (Å²) in [6.45, 7) is 0. The van der Waals surface area contributed by atoms with Crippen LogP contribution in [0.4, 0.5) is 0 Å². The van der Waals surface area contributed by atoms with E-state index in [4.69, 9.17) is 5.73 Å². The topological polar surface area (TPSA) is 43.1 Å². The molecule has 0 fully saturated rings. The fourth-order valence-electron chi connectivity index (χ4n) is 0.720. The molecule has 0 aromatic carbocycles. The molecule has 2 N–H and O–H groups in total. The molecule has 0 aliphatic rings. The van der Waals surface area contributed by atoms with Gasteiger partial charge in [-0.2, -0.15) is 0 Å². The van der Waals surface area contributed by atoms with Crippen LogP contribution in [0.25, 0.3) is 0 Å². The molecule has 0 amide bonds. The summed E-state index contributed by atoms with van der Waals surface area (Å²) in [4.78, 5) is 11.2. The molecular formula is C7H7BrNOS. The Balaban J connectivity index is 2.57. The van der Waals surface area contributed by atoms with Gasteiger partial charge in [-0.3, -0.25) is 4.79 Å². The summed E-state index contributed by atoms with van der Waals surface area (Å²) in [5, 5.41) is 0. The Morgan fingerprint density at radius 1 is 1.73 bits per heavy atom. The molecule has 1 unspecified atom stereocenters. The number of hydrogen-bond acceptors (Lipinski definition) is 3. The van der Waals surface area contributed by atoms with Gasteiger partial charge in [-0.25, -0.2) is 0 Å². The number of rotatable bonds is 3. The van der Waals surface area contributed by atoms with E-state index in [0.29, 0.717) is 6.42 Å². The van der Waals surface area contributed by atoms with Crippen molar-refractivity contribution in [2.24, 2.45) is 5.73 Å². The van der Waals surface area contributed by atoms with E-state index < -0.39 is 6.04 Å². The molecule has 1 aromatic heterocycles. The summed E-state index contributed by atoms with van der Waals surface area (Å²) in [7, 11) is 0. The summed E-state index contributed by atoms with van der Waals surface area (Å²) in [6, 6.07) is 3.41. The molecule has 0 aliphatic heterocycles. The molecule has 1 aromatic rings. The minimum absolute atomic E-state index is 0.486. The van der Waals surface area contributed by atoms with Crippen molar-refractivity contribution in [1.29, 1.82) is 0 Å². The largest absolute Gasteiger partial charge is 0.321 e. The Hall–Kier alpha value is -0.190. The van der Waals surface area contributed by atoms with Crippen LogP contribution in [0.15, 0.2) is 15.9 Å². The summed E-state index contributed by atoms with van der Waals surface area (Å²) in [6.07, 6.45) is 2.32. The minimum Gasteiger partial charge on any atom is -0.321 e. The van der Waals surface area contributed by atoms with Gasteiger partial charge in [0.2, 0.25) is 6.29 Å². The van der Waals surface area contributed by atoms with Crippen molar-refractivity contribution in [2.75, 3.05) is 0 Å². The third-order valence-electron chi connectivity index (χ3n) is 1.20. The lowest BCUT2D eigenvalue weighted by molar-refractivity contribution is 0.541. The van der Waals surface area contributed by atoms with Gasteiger partial charge in [-0.1, -0.05) is 0 Å². The SMILES string of the molecule is NC([C]=O)Cc1ccc(Br)s1. The van der Waals surface area contributed by atoms with E-state index in [1.54, 1.807) is 17.6 Å². The number of thiophene rings is 1. The molecule has 1 heterocycles. The monoisotopic (exact) mass is 232 g/mol. The predicted molar refractivity (Wildman–Crippen MR) is 49.4 cm³/mol. The Bertz CT molecular complexity index is 248. The second-order valence-corrected chi connectivity index (χ2v) is 4.68. The zero-order valence-electron chi connectivity index (χ0n) is 5.71. The number of nitrogens with two attached hydrogens (primary N) is 1. The van der Waals surface area contributed by atoms with E-state index in [-0.39, 0.29) is 0 Å². The fourth-order valence-corrected chi connectivity index (χ4v) is 2.26. The standard InChI is InChI=1S/C7H7BrNOS/c8-7-2-1-6(11-7)3-5(9)4-10/h1-2,5H,3,9H2. The molecule has 0 saturated heterocycles. The van der Waals surface area contributed by atoms with Crippen LogP contribution in [0.3, 0.4) is 0 Å². The van der Waals surface area contributed by atoms with E-state index in [9.17, 15) is 4.79 Å². The van der Waals surface area contributed by atoms with Gasteiger partial charge in [0.05, 0.1) is 9.83 Å². The molecule has 0 bridgehead atoms. The first-order valence-corrected chi connectivity index (χ1v) is 4.71. The van der Waals surface area contributed by atoms with Crippen LogP contribution >= 0.6 is 27.3 Å². The van der Waals surface area contributed by atoms with Crippen LogP contribution in [0, 0.1) is 0 Å². The van der Waals surface area contributed by atoms with Crippen molar-refractivity contribution in [1.82, 2.24) is 0 Å². The van der Waals surface area contributed by atoms with E-state index >= 15 is 0 Å². The van der Waals surface area contributed by atoms with Gasteiger partial charge in [0.25, 0.3) is 0 Å². The van der Waals surface area contributed by atoms with Crippen molar-refractivity contribution in [3.63, 3.8) is 0 Å². The molecule has 59 valence electrons. The summed E-state index contributed by atoms with van der Waals surface area (Å²) in [5.74, 6) is 0. The van der Waals surface area contributed by atoms with Crippen LogP contribution in [0.5, 0.6) is 0 Å². The van der Waals surface area contributed by atoms with E-state index in [2.05, 4.69) is 15.9 Å². The molecular weight excluding hydrogens is 226 g/mol. The molecule has 1 radical (unpaired) electrons. The van der Waals surface area contributed by atoms with Crippen LogP contribution in [0.1, 0.15) is 4.88 Å². The van der Waals surface area contributed by atoms with Crippen LogP contribution in [-0.2, 0) is 11.2 Å². The van der Waals surface area contributed by atoms with Crippen LogP contribution in [-0.4, -0.2) is 12.3 Å². The number of carbonyl (C=O) groups excluding carboxylic acids is 1. The van der Waals surface area contributed by atoms with Gasteiger partial charge >= 0.3 is 0 Å². The molecule has 4 heteroatoms. The Morgan fingerprint density at radius 2 is 2.45 bits per heavy atom. The lowest BCUT2D eigenvalue weighted by atomic mass is 10.2. The van der Waals surface area contributed by atoms with E-state index in [1.807, 2.05) is 12.1 Å². The Labute approximate surface area is 77.5 Å². The minimum atomic E-state index is -0.486. The van der Waals surface area contributed by atoms with Crippen LogP contribution in [0.2, 0.25) is 0 Å². The second kappa shape index (κ2) is 3.99. The molecule has 2 nitrogen and oxygen atoms in total. The quantitative estimate of drug-likeness (QED) is 0.859. The fraction of sp³-hybridized carbons (Fsp3) is 0.286. The van der Waals surface area contributed by atoms with Gasteiger partial charge in [-0.15, -0.1) is 11.3 Å². The van der Waals surface area contributed by atoms with Crippen molar-refractivity contribution in [3.05, 3.63) is 20.8 Å². The van der Waals surface area contributed by atoms with Gasteiger partial charge < -0.3 is 5.73 Å². The predicted octanol–water partition coefficient (Wildman–Crippen LogP) is 1.49. The average molecular weight is 233 g/mol. The lowest BCUT2D eigenvalue weighted by Gasteiger charge is -1.97. The highest BCUT2D eigenvalue weighted by Gasteiger charge is 2.04. The molecule has 0 saturated carbocycles. The summed E-state index contributed by atoms with van der Waals surface area (Å²) >= 11 is 4.91. The smallest absolute Gasteiger partial charge is 0.217 e. The first kappa shape index (κ1) is 8.90. The first-order valence-electron chi connectivity index (χ1n) is 3.10. The van der Waals surface area contributed by atoms with Crippen molar-refractivity contribution < 1.29 is 4.79 Å². The van der Waals surface area contributed by atoms with Gasteiger partial charge in [-0.05, 0) is 28.1 Å². The average Bonchev–Trinajstić information content (AvgIpc) is 2.35. The number of halogens is 1. The normalized spacial score (nSPS) is 12.9. The van der Waals surface area contributed by atoms with Crippen molar-refractivity contribution >= 4 is 33.6 Å². The summed E-state index contributed by atoms with van der Waals surface area (Å²) < 4.78 is 1.06. The molecule has 11 heavy (non-hydrogen) atoms. The molecule has 1 rings (SSSR count). The van der Waals surface area contributed by atoms with Crippen LogP contribution < -0.4 is 5.73 Å². The van der Waals surface area contributed by atoms with E-state index in [1.165, 1.54) is 0 Å². The summed E-state index contributed by atoms with van der Waals surface area (Å²) in [5.41, 5.74) is 5.38. The highest BCUT2D eigenvalue weighted by atomic mass is 79.9. The third kappa shape index (κ3) is 2.73. The zero-order valence-corrected chi connectivity index (χ0v) is 8.11. The van der Waals surface area contributed by atoms with E-state index in [0.717, 1.165) is 8.66 Å².